The Morgan fingerprint density at radius 3 is 2.36 bits per heavy atom. The van der Waals surface area contributed by atoms with Crippen LogP contribution in [-0.4, -0.2) is 10.7 Å². The lowest BCUT2D eigenvalue weighted by Crippen LogP contribution is -2.07. The van der Waals surface area contributed by atoms with Crippen LogP contribution >= 0.6 is 55.1 Å². The molecule has 0 aromatic heterocycles. The van der Waals surface area contributed by atoms with Crippen LogP contribution in [-0.2, 0) is 6.42 Å². The second-order valence-corrected chi connectivity index (χ2v) is 5.17. The summed E-state index contributed by atoms with van der Waals surface area (Å²) in [4.78, 5) is 0. The highest BCUT2D eigenvalue weighted by Gasteiger charge is 2.10. The summed E-state index contributed by atoms with van der Waals surface area (Å²) in [5.74, 6) is 0.547. The van der Waals surface area contributed by atoms with Crippen molar-refractivity contribution in [2.45, 2.75) is 6.42 Å². The van der Waals surface area contributed by atoms with Crippen LogP contribution in [0, 0.1) is 5.92 Å². The molecule has 0 fully saturated rings. The van der Waals surface area contributed by atoms with E-state index in [-0.39, 0.29) is 0 Å². The molecule has 0 aliphatic heterocycles. The van der Waals surface area contributed by atoms with E-state index >= 15 is 0 Å². The fourth-order valence-corrected chi connectivity index (χ4v) is 3.09. The molecule has 0 bridgehead atoms. The smallest absolute Gasteiger partial charge is 0.0624 e. The fourth-order valence-electron chi connectivity index (χ4n) is 1.17. The van der Waals surface area contributed by atoms with Crippen LogP contribution in [0.5, 0.6) is 0 Å². The first kappa shape index (κ1) is 12.8. The third kappa shape index (κ3) is 3.41. The van der Waals surface area contributed by atoms with Gasteiger partial charge in [-0.2, -0.15) is 0 Å². The van der Waals surface area contributed by atoms with Gasteiger partial charge in [0.15, 0.2) is 0 Å². The van der Waals surface area contributed by atoms with E-state index < -0.39 is 0 Å². The Kier molecular flexibility index (Phi) is 5.83. The lowest BCUT2D eigenvalue weighted by Gasteiger charge is -2.12. The van der Waals surface area contributed by atoms with Gasteiger partial charge in [0.25, 0.3) is 0 Å². The number of benzene rings is 1. The second-order valence-electron chi connectivity index (χ2n) is 3.09. The normalized spacial score (nSPS) is 10.9. The molecule has 0 saturated carbocycles. The van der Waals surface area contributed by atoms with E-state index in [2.05, 4.69) is 31.9 Å². The quantitative estimate of drug-likeness (QED) is 0.667. The molecular weight excluding hydrogens is 351 g/mol. The zero-order chi connectivity index (χ0) is 10.6. The molecule has 1 rings (SSSR count). The molecule has 0 aliphatic carbocycles. The number of alkyl halides is 2. The van der Waals surface area contributed by atoms with Crippen molar-refractivity contribution in [2.24, 2.45) is 5.92 Å². The third-order valence-corrected chi connectivity index (χ3v) is 4.67. The standard InChI is InChI=1S/C10H10Br2Cl2/c11-5-7(6-12)4-8-2-1-3-9(13)10(8)14/h1-3,7H,4-6H2. The summed E-state index contributed by atoms with van der Waals surface area (Å²) in [5.41, 5.74) is 1.11. The van der Waals surface area contributed by atoms with E-state index in [4.69, 9.17) is 23.2 Å². The van der Waals surface area contributed by atoms with Gasteiger partial charge in [-0.05, 0) is 24.0 Å². The Hall–Kier alpha value is 0.760. The van der Waals surface area contributed by atoms with Gasteiger partial charge in [0, 0.05) is 10.7 Å². The molecule has 0 unspecified atom stereocenters. The highest BCUT2D eigenvalue weighted by molar-refractivity contribution is 9.09. The first-order valence-corrected chi connectivity index (χ1v) is 7.23. The summed E-state index contributed by atoms with van der Waals surface area (Å²) in [5, 5.41) is 3.23. The average Bonchev–Trinajstić information content (AvgIpc) is 2.20. The highest BCUT2D eigenvalue weighted by Crippen LogP contribution is 2.28. The molecule has 4 heteroatoms. The zero-order valence-corrected chi connectivity index (χ0v) is 12.1. The summed E-state index contributed by atoms with van der Waals surface area (Å²) < 4.78 is 0. The van der Waals surface area contributed by atoms with Gasteiger partial charge in [0.1, 0.15) is 0 Å². The van der Waals surface area contributed by atoms with Gasteiger partial charge in [-0.15, -0.1) is 0 Å². The van der Waals surface area contributed by atoms with Crippen molar-refractivity contribution in [2.75, 3.05) is 10.7 Å². The van der Waals surface area contributed by atoms with Crippen molar-refractivity contribution in [3.63, 3.8) is 0 Å². The van der Waals surface area contributed by atoms with Crippen molar-refractivity contribution < 1.29 is 0 Å². The summed E-state index contributed by atoms with van der Waals surface area (Å²) in [6.45, 7) is 0. The van der Waals surface area contributed by atoms with Crippen LogP contribution in [0.1, 0.15) is 5.56 Å². The predicted molar refractivity (Wildman–Crippen MR) is 71.2 cm³/mol. The third-order valence-electron chi connectivity index (χ3n) is 1.98. The lowest BCUT2D eigenvalue weighted by atomic mass is 10.0. The molecular formula is C10H10Br2Cl2. The zero-order valence-electron chi connectivity index (χ0n) is 7.44. The minimum Gasteiger partial charge on any atom is -0.0925 e. The maximum absolute atomic E-state index is 6.09. The maximum Gasteiger partial charge on any atom is 0.0624 e. The molecule has 0 atom stereocenters. The molecule has 0 aliphatic rings. The Balaban J connectivity index is 2.80. The molecule has 0 nitrogen and oxygen atoms in total. The van der Waals surface area contributed by atoms with Gasteiger partial charge in [0.2, 0.25) is 0 Å². The molecule has 78 valence electrons. The van der Waals surface area contributed by atoms with Crippen LogP contribution in [0.25, 0.3) is 0 Å². The van der Waals surface area contributed by atoms with Gasteiger partial charge in [-0.25, -0.2) is 0 Å². The predicted octanol–water partition coefficient (Wildman–Crippen LogP) is 4.94. The molecule has 0 heterocycles. The van der Waals surface area contributed by atoms with Gasteiger partial charge in [0.05, 0.1) is 10.0 Å². The number of rotatable bonds is 4. The first-order valence-electron chi connectivity index (χ1n) is 4.23. The molecule has 0 spiro atoms. The van der Waals surface area contributed by atoms with E-state index in [1.807, 2.05) is 18.2 Å². The molecule has 0 saturated heterocycles. The molecule has 14 heavy (non-hydrogen) atoms. The number of hydrogen-bond acceptors (Lipinski definition) is 0. The van der Waals surface area contributed by atoms with Crippen LogP contribution in [0.4, 0.5) is 0 Å². The van der Waals surface area contributed by atoms with Crippen molar-refractivity contribution in [3.05, 3.63) is 33.8 Å². The van der Waals surface area contributed by atoms with Gasteiger partial charge in [-0.1, -0.05) is 67.2 Å². The molecule has 1 aromatic rings. The first-order chi connectivity index (χ1) is 6.69. The minimum absolute atomic E-state index is 0.547. The Labute approximate surface area is 111 Å². The van der Waals surface area contributed by atoms with E-state index in [1.165, 1.54) is 0 Å². The van der Waals surface area contributed by atoms with Crippen LogP contribution in [0.2, 0.25) is 10.0 Å². The van der Waals surface area contributed by atoms with E-state index in [0.717, 1.165) is 22.6 Å². The largest absolute Gasteiger partial charge is 0.0925 e. The van der Waals surface area contributed by atoms with Crippen molar-refractivity contribution >= 4 is 55.1 Å². The van der Waals surface area contributed by atoms with Gasteiger partial charge < -0.3 is 0 Å². The Bertz CT molecular complexity index is 298. The SMILES string of the molecule is Clc1cccc(CC(CBr)CBr)c1Cl. The maximum atomic E-state index is 6.09. The molecule has 1 aromatic carbocycles. The van der Waals surface area contributed by atoms with Crippen molar-refractivity contribution in [1.82, 2.24) is 0 Å². The molecule has 0 N–H and O–H groups in total. The second kappa shape index (κ2) is 6.37. The minimum atomic E-state index is 0.547. The van der Waals surface area contributed by atoms with Gasteiger partial charge >= 0.3 is 0 Å². The van der Waals surface area contributed by atoms with E-state index in [0.29, 0.717) is 16.0 Å². The van der Waals surface area contributed by atoms with Crippen LogP contribution in [0.3, 0.4) is 0 Å². The summed E-state index contributed by atoms with van der Waals surface area (Å²) >= 11 is 19.0. The topological polar surface area (TPSA) is 0 Å². The summed E-state index contributed by atoms with van der Waals surface area (Å²) in [7, 11) is 0. The fraction of sp³-hybridized carbons (Fsp3) is 0.400. The van der Waals surface area contributed by atoms with Gasteiger partial charge in [-0.3, -0.25) is 0 Å². The number of halogens is 4. The molecule has 0 amide bonds. The molecule has 0 radical (unpaired) electrons. The van der Waals surface area contributed by atoms with Crippen molar-refractivity contribution in [1.29, 1.82) is 0 Å². The monoisotopic (exact) mass is 358 g/mol. The van der Waals surface area contributed by atoms with E-state index in [1.54, 1.807) is 0 Å². The lowest BCUT2D eigenvalue weighted by molar-refractivity contribution is 0.680. The Morgan fingerprint density at radius 2 is 1.79 bits per heavy atom. The van der Waals surface area contributed by atoms with Crippen molar-refractivity contribution in [3.8, 4) is 0 Å². The summed E-state index contributed by atoms with van der Waals surface area (Å²) in [6, 6.07) is 5.76. The number of hydrogen-bond donors (Lipinski definition) is 0. The Morgan fingerprint density at radius 1 is 1.14 bits per heavy atom. The van der Waals surface area contributed by atoms with E-state index in [9.17, 15) is 0 Å². The average molecular weight is 361 g/mol. The van der Waals surface area contributed by atoms with Crippen LogP contribution in [0.15, 0.2) is 18.2 Å². The summed E-state index contributed by atoms with van der Waals surface area (Å²) in [6.07, 6.45) is 0.940. The van der Waals surface area contributed by atoms with Crippen LogP contribution < -0.4 is 0 Å². The highest BCUT2D eigenvalue weighted by atomic mass is 79.9.